The SMILES string of the molecule is CSCCC(C)NC1CCCCC1c1ccccc1. The van der Waals surface area contributed by atoms with Crippen molar-refractivity contribution in [2.45, 2.75) is 57.0 Å². The molecule has 1 aliphatic rings. The quantitative estimate of drug-likeness (QED) is 0.825. The summed E-state index contributed by atoms with van der Waals surface area (Å²) < 4.78 is 0. The number of nitrogens with one attached hydrogen (secondary N) is 1. The van der Waals surface area contributed by atoms with E-state index in [0.717, 1.165) is 0 Å². The van der Waals surface area contributed by atoms with Crippen molar-refractivity contribution in [2.75, 3.05) is 12.0 Å². The highest BCUT2D eigenvalue weighted by molar-refractivity contribution is 7.98. The van der Waals surface area contributed by atoms with E-state index in [1.165, 1.54) is 43.4 Å². The zero-order chi connectivity index (χ0) is 13.5. The van der Waals surface area contributed by atoms with Gasteiger partial charge in [-0.25, -0.2) is 0 Å². The van der Waals surface area contributed by atoms with Gasteiger partial charge in [-0.2, -0.15) is 11.8 Å². The first kappa shape index (κ1) is 14.9. The highest BCUT2D eigenvalue weighted by Crippen LogP contribution is 2.33. The molecular formula is C17H27NS. The van der Waals surface area contributed by atoms with Crippen LogP contribution in [0.2, 0.25) is 0 Å². The van der Waals surface area contributed by atoms with Crippen molar-refractivity contribution in [1.82, 2.24) is 5.32 Å². The molecular weight excluding hydrogens is 250 g/mol. The highest BCUT2D eigenvalue weighted by Gasteiger charge is 2.26. The van der Waals surface area contributed by atoms with Gasteiger partial charge in [-0.05, 0) is 49.7 Å². The van der Waals surface area contributed by atoms with Crippen molar-refractivity contribution in [3.8, 4) is 0 Å². The number of thioether (sulfide) groups is 1. The Morgan fingerprint density at radius 1 is 1.21 bits per heavy atom. The summed E-state index contributed by atoms with van der Waals surface area (Å²) in [6.45, 7) is 2.34. The fourth-order valence-electron chi connectivity index (χ4n) is 3.17. The zero-order valence-electron chi connectivity index (χ0n) is 12.3. The van der Waals surface area contributed by atoms with Gasteiger partial charge in [0.25, 0.3) is 0 Å². The molecule has 1 saturated carbocycles. The van der Waals surface area contributed by atoms with Crippen LogP contribution in [0.5, 0.6) is 0 Å². The minimum Gasteiger partial charge on any atom is -0.311 e. The van der Waals surface area contributed by atoms with E-state index in [-0.39, 0.29) is 0 Å². The van der Waals surface area contributed by atoms with Crippen LogP contribution in [-0.2, 0) is 0 Å². The molecule has 0 amide bonds. The molecule has 2 rings (SSSR count). The molecule has 0 spiro atoms. The molecule has 106 valence electrons. The molecule has 0 radical (unpaired) electrons. The lowest BCUT2D eigenvalue weighted by Gasteiger charge is -2.35. The topological polar surface area (TPSA) is 12.0 Å². The average molecular weight is 277 g/mol. The standard InChI is InChI=1S/C17H27NS/c1-14(12-13-19-2)18-17-11-7-6-10-16(17)15-8-4-3-5-9-15/h3-5,8-9,14,16-18H,6-7,10-13H2,1-2H3. The molecule has 0 bridgehead atoms. The van der Waals surface area contributed by atoms with E-state index in [0.29, 0.717) is 18.0 Å². The van der Waals surface area contributed by atoms with Crippen molar-refractivity contribution in [3.63, 3.8) is 0 Å². The van der Waals surface area contributed by atoms with Crippen LogP contribution < -0.4 is 5.32 Å². The molecule has 3 unspecified atom stereocenters. The minimum absolute atomic E-state index is 0.641. The number of benzene rings is 1. The lowest BCUT2D eigenvalue weighted by Crippen LogP contribution is -2.42. The molecule has 1 aromatic rings. The maximum absolute atomic E-state index is 3.89. The minimum atomic E-state index is 0.641. The Morgan fingerprint density at radius 3 is 2.68 bits per heavy atom. The summed E-state index contributed by atoms with van der Waals surface area (Å²) in [7, 11) is 0. The van der Waals surface area contributed by atoms with Gasteiger partial charge in [0.05, 0.1) is 0 Å². The van der Waals surface area contributed by atoms with Gasteiger partial charge in [0.1, 0.15) is 0 Å². The molecule has 0 heterocycles. The Morgan fingerprint density at radius 2 is 1.95 bits per heavy atom. The summed E-state index contributed by atoms with van der Waals surface area (Å²) >= 11 is 1.95. The van der Waals surface area contributed by atoms with Gasteiger partial charge >= 0.3 is 0 Å². The van der Waals surface area contributed by atoms with Crippen LogP contribution in [0, 0.1) is 0 Å². The molecule has 3 atom stereocenters. The molecule has 1 nitrogen and oxygen atoms in total. The largest absolute Gasteiger partial charge is 0.311 e. The monoisotopic (exact) mass is 277 g/mol. The summed E-state index contributed by atoms with van der Waals surface area (Å²) in [4.78, 5) is 0. The normalized spacial score (nSPS) is 25.2. The van der Waals surface area contributed by atoms with Gasteiger partial charge in [0.2, 0.25) is 0 Å². The lowest BCUT2D eigenvalue weighted by atomic mass is 9.79. The van der Waals surface area contributed by atoms with Crippen molar-refractivity contribution in [1.29, 1.82) is 0 Å². The van der Waals surface area contributed by atoms with E-state index >= 15 is 0 Å². The Bertz CT molecular complexity index is 352. The Kier molecular flexibility index (Phi) is 6.25. The average Bonchev–Trinajstić information content (AvgIpc) is 2.46. The molecule has 1 N–H and O–H groups in total. The summed E-state index contributed by atoms with van der Waals surface area (Å²) in [5, 5.41) is 3.89. The third-order valence-corrected chi connectivity index (χ3v) is 4.89. The Balaban J connectivity index is 1.96. The van der Waals surface area contributed by atoms with Crippen LogP contribution in [0.4, 0.5) is 0 Å². The van der Waals surface area contributed by atoms with E-state index in [9.17, 15) is 0 Å². The number of hydrogen-bond donors (Lipinski definition) is 1. The molecule has 0 saturated heterocycles. The van der Waals surface area contributed by atoms with Gasteiger partial charge in [0, 0.05) is 12.1 Å². The van der Waals surface area contributed by atoms with E-state index in [1.54, 1.807) is 0 Å². The smallest absolute Gasteiger partial charge is 0.0138 e. The first-order valence-electron chi connectivity index (χ1n) is 7.61. The first-order valence-corrected chi connectivity index (χ1v) is 9.00. The zero-order valence-corrected chi connectivity index (χ0v) is 13.1. The van der Waals surface area contributed by atoms with Gasteiger partial charge in [-0.1, -0.05) is 43.2 Å². The molecule has 0 aromatic heterocycles. The Hall–Kier alpha value is -0.470. The number of hydrogen-bond acceptors (Lipinski definition) is 2. The van der Waals surface area contributed by atoms with Crippen molar-refractivity contribution in [2.24, 2.45) is 0 Å². The van der Waals surface area contributed by atoms with Gasteiger partial charge in [-0.15, -0.1) is 0 Å². The van der Waals surface area contributed by atoms with Crippen LogP contribution in [0.15, 0.2) is 30.3 Å². The third-order valence-electron chi connectivity index (χ3n) is 4.25. The molecule has 2 heteroatoms. The molecule has 1 fully saturated rings. The third kappa shape index (κ3) is 4.54. The fourth-order valence-corrected chi connectivity index (χ4v) is 3.76. The summed E-state index contributed by atoms with van der Waals surface area (Å²) in [5.41, 5.74) is 1.52. The maximum atomic E-state index is 3.89. The summed E-state index contributed by atoms with van der Waals surface area (Å²) in [6, 6.07) is 12.4. The van der Waals surface area contributed by atoms with Crippen LogP contribution in [0.3, 0.4) is 0 Å². The maximum Gasteiger partial charge on any atom is 0.0138 e. The molecule has 1 aliphatic carbocycles. The van der Waals surface area contributed by atoms with Gasteiger partial charge < -0.3 is 5.32 Å². The summed E-state index contributed by atoms with van der Waals surface area (Å²) in [6.07, 6.45) is 8.92. The van der Waals surface area contributed by atoms with Crippen molar-refractivity contribution in [3.05, 3.63) is 35.9 Å². The molecule has 0 aliphatic heterocycles. The van der Waals surface area contributed by atoms with Gasteiger partial charge in [-0.3, -0.25) is 0 Å². The van der Waals surface area contributed by atoms with E-state index in [2.05, 4.69) is 48.8 Å². The van der Waals surface area contributed by atoms with Crippen molar-refractivity contribution < 1.29 is 0 Å². The fraction of sp³-hybridized carbons (Fsp3) is 0.647. The molecule has 1 aromatic carbocycles. The Labute approximate surface area is 122 Å². The predicted octanol–water partition coefficient (Wildman–Crippen LogP) is 4.44. The summed E-state index contributed by atoms with van der Waals surface area (Å²) in [5.74, 6) is 1.98. The lowest BCUT2D eigenvalue weighted by molar-refractivity contribution is 0.302. The second kappa shape index (κ2) is 7.96. The molecule has 19 heavy (non-hydrogen) atoms. The van der Waals surface area contributed by atoms with Gasteiger partial charge in [0.15, 0.2) is 0 Å². The van der Waals surface area contributed by atoms with Crippen LogP contribution in [-0.4, -0.2) is 24.1 Å². The predicted molar refractivity (Wildman–Crippen MR) is 87.0 cm³/mol. The van der Waals surface area contributed by atoms with Crippen molar-refractivity contribution >= 4 is 11.8 Å². The van der Waals surface area contributed by atoms with Crippen LogP contribution in [0.25, 0.3) is 0 Å². The second-order valence-electron chi connectivity index (χ2n) is 5.76. The van der Waals surface area contributed by atoms with E-state index in [4.69, 9.17) is 0 Å². The van der Waals surface area contributed by atoms with Crippen LogP contribution >= 0.6 is 11.8 Å². The second-order valence-corrected chi connectivity index (χ2v) is 6.74. The van der Waals surface area contributed by atoms with Crippen LogP contribution in [0.1, 0.15) is 50.5 Å². The van der Waals surface area contributed by atoms with E-state index < -0.39 is 0 Å². The number of rotatable bonds is 6. The van der Waals surface area contributed by atoms with E-state index in [1.807, 2.05) is 11.8 Å². The highest BCUT2D eigenvalue weighted by atomic mass is 32.2. The first-order chi connectivity index (χ1) is 9.31.